The van der Waals surface area contributed by atoms with Crippen molar-refractivity contribution in [2.45, 2.75) is 44.8 Å². The summed E-state index contributed by atoms with van der Waals surface area (Å²) in [5, 5.41) is 15.7. The number of aromatic nitrogens is 1. The molecule has 1 unspecified atom stereocenters. The van der Waals surface area contributed by atoms with E-state index in [1.54, 1.807) is 12.3 Å². The molecule has 7 heteroatoms. The first-order chi connectivity index (χ1) is 11.0. The number of urea groups is 1. The molecule has 128 valence electrons. The van der Waals surface area contributed by atoms with E-state index in [2.05, 4.69) is 15.6 Å². The number of carbonyl (C=O) groups is 1. The third-order valence-electron chi connectivity index (χ3n) is 4.46. The summed E-state index contributed by atoms with van der Waals surface area (Å²) in [6.07, 6.45) is 3.46. The van der Waals surface area contributed by atoms with Crippen molar-refractivity contribution in [1.29, 1.82) is 0 Å². The monoisotopic (exact) mass is 324 g/mol. The molecule has 0 spiro atoms. The van der Waals surface area contributed by atoms with E-state index in [1.807, 2.05) is 18.7 Å². The molecule has 0 bridgehead atoms. The molecule has 0 radical (unpaired) electrons. The van der Waals surface area contributed by atoms with Gasteiger partial charge in [0.1, 0.15) is 0 Å². The first-order valence-electron chi connectivity index (χ1n) is 8.09. The van der Waals surface area contributed by atoms with Gasteiger partial charge in [-0.05, 0) is 31.4 Å². The fourth-order valence-corrected chi connectivity index (χ4v) is 2.66. The van der Waals surface area contributed by atoms with Gasteiger partial charge in [-0.15, -0.1) is 0 Å². The second kappa shape index (κ2) is 7.59. The van der Waals surface area contributed by atoms with Crippen LogP contribution in [0.3, 0.4) is 0 Å². The summed E-state index contributed by atoms with van der Waals surface area (Å²) in [5.41, 5.74) is -0.865. The third kappa shape index (κ3) is 4.54. The lowest BCUT2D eigenvalue weighted by atomic mass is 9.98. The molecule has 1 aliphatic rings. The quantitative estimate of drug-likeness (QED) is 0.743. The minimum Gasteiger partial charge on any atom is -0.388 e. The lowest BCUT2D eigenvalue weighted by Gasteiger charge is -2.26. The summed E-state index contributed by atoms with van der Waals surface area (Å²) in [6.45, 7) is 5.16. The van der Waals surface area contributed by atoms with E-state index >= 15 is 0 Å². The first-order valence-corrected chi connectivity index (χ1v) is 8.09. The number of pyridine rings is 1. The van der Waals surface area contributed by atoms with Crippen LogP contribution in [0, 0.1) is 5.82 Å². The van der Waals surface area contributed by atoms with Crippen LogP contribution in [0.15, 0.2) is 18.3 Å². The average molecular weight is 324 g/mol. The van der Waals surface area contributed by atoms with Gasteiger partial charge in [0.05, 0.1) is 5.60 Å². The molecule has 23 heavy (non-hydrogen) atoms. The van der Waals surface area contributed by atoms with Crippen LogP contribution in [0.25, 0.3) is 0 Å². The van der Waals surface area contributed by atoms with Crippen LogP contribution in [0.5, 0.6) is 0 Å². The Kier molecular flexibility index (Phi) is 5.76. The lowest BCUT2D eigenvalue weighted by Crippen LogP contribution is -2.49. The molecular formula is C16H25FN4O2. The van der Waals surface area contributed by atoms with Crippen molar-refractivity contribution in [3.63, 3.8) is 0 Å². The maximum atomic E-state index is 13.7. The van der Waals surface area contributed by atoms with Crippen molar-refractivity contribution in [1.82, 2.24) is 15.6 Å². The standard InChI is InChI=1S/C16H25FN4O2/c1-3-16(23,4-2)11-19-15(22)20-12-7-9-21(10-12)14-13(17)6-5-8-18-14/h5-6,8,12,23H,3-4,7,9-11H2,1-2H3,(H2,19,20,22). The fourth-order valence-electron chi connectivity index (χ4n) is 2.66. The Labute approximate surface area is 136 Å². The Bertz CT molecular complexity index is 537. The first kappa shape index (κ1) is 17.5. The summed E-state index contributed by atoms with van der Waals surface area (Å²) >= 11 is 0. The van der Waals surface area contributed by atoms with Crippen LogP contribution in [-0.2, 0) is 0 Å². The van der Waals surface area contributed by atoms with Gasteiger partial charge in [-0.3, -0.25) is 0 Å². The van der Waals surface area contributed by atoms with Crippen molar-refractivity contribution in [3.8, 4) is 0 Å². The molecule has 6 nitrogen and oxygen atoms in total. The fraction of sp³-hybridized carbons (Fsp3) is 0.625. The topological polar surface area (TPSA) is 77.5 Å². The molecule has 1 aliphatic heterocycles. The average Bonchev–Trinajstić information content (AvgIpc) is 3.01. The van der Waals surface area contributed by atoms with Gasteiger partial charge in [0, 0.05) is 31.9 Å². The molecule has 0 saturated carbocycles. The van der Waals surface area contributed by atoms with E-state index in [-0.39, 0.29) is 24.4 Å². The number of aliphatic hydroxyl groups is 1. The normalized spacial score (nSPS) is 18.1. The second-order valence-electron chi connectivity index (χ2n) is 6.00. The lowest BCUT2D eigenvalue weighted by molar-refractivity contribution is 0.0349. The number of halogens is 1. The molecule has 2 heterocycles. The predicted molar refractivity (Wildman–Crippen MR) is 86.9 cm³/mol. The third-order valence-corrected chi connectivity index (χ3v) is 4.46. The van der Waals surface area contributed by atoms with E-state index in [0.29, 0.717) is 31.7 Å². The second-order valence-corrected chi connectivity index (χ2v) is 6.00. The van der Waals surface area contributed by atoms with Crippen molar-refractivity contribution >= 4 is 11.8 Å². The number of amides is 2. The Hall–Kier alpha value is -1.89. The maximum absolute atomic E-state index is 13.7. The number of anilines is 1. The highest BCUT2D eigenvalue weighted by Crippen LogP contribution is 2.20. The number of hydrogen-bond donors (Lipinski definition) is 3. The summed E-state index contributed by atoms with van der Waals surface area (Å²) in [6, 6.07) is 2.57. The Morgan fingerprint density at radius 2 is 2.26 bits per heavy atom. The number of rotatable bonds is 6. The van der Waals surface area contributed by atoms with Gasteiger partial charge in [-0.1, -0.05) is 13.8 Å². The molecule has 1 atom stereocenters. The van der Waals surface area contributed by atoms with Gasteiger partial charge in [0.25, 0.3) is 0 Å². The number of hydrogen-bond acceptors (Lipinski definition) is 4. The van der Waals surface area contributed by atoms with Gasteiger partial charge < -0.3 is 20.6 Å². The van der Waals surface area contributed by atoms with Crippen LogP contribution in [0.1, 0.15) is 33.1 Å². The number of carbonyl (C=O) groups excluding carboxylic acids is 1. The molecule has 0 aromatic carbocycles. The van der Waals surface area contributed by atoms with Crippen LogP contribution in [0.2, 0.25) is 0 Å². The molecule has 1 fully saturated rings. The highest BCUT2D eigenvalue weighted by atomic mass is 19.1. The largest absolute Gasteiger partial charge is 0.388 e. The van der Waals surface area contributed by atoms with Crippen LogP contribution in [-0.4, -0.2) is 47.4 Å². The van der Waals surface area contributed by atoms with Crippen molar-refractivity contribution in [2.24, 2.45) is 0 Å². The molecule has 1 aromatic rings. The van der Waals surface area contributed by atoms with Gasteiger partial charge in [-0.25, -0.2) is 14.2 Å². The summed E-state index contributed by atoms with van der Waals surface area (Å²) in [5.74, 6) is -0.0305. The van der Waals surface area contributed by atoms with E-state index in [0.717, 1.165) is 6.42 Å². The maximum Gasteiger partial charge on any atom is 0.315 e. The smallest absolute Gasteiger partial charge is 0.315 e. The Morgan fingerprint density at radius 3 is 2.91 bits per heavy atom. The highest BCUT2D eigenvalue weighted by Gasteiger charge is 2.27. The van der Waals surface area contributed by atoms with Gasteiger partial charge >= 0.3 is 6.03 Å². The summed E-state index contributed by atoms with van der Waals surface area (Å²) < 4.78 is 13.7. The molecule has 3 N–H and O–H groups in total. The van der Waals surface area contributed by atoms with Crippen molar-refractivity contribution in [3.05, 3.63) is 24.1 Å². The molecule has 1 aromatic heterocycles. The molecule has 1 saturated heterocycles. The van der Waals surface area contributed by atoms with Crippen LogP contribution >= 0.6 is 0 Å². The van der Waals surface area contributed by atoms with E-state index in [9.17, 15) is 14.3 Å². The van der Waals surface area contributed by atoms with Crippen LogP contribution in [0.4, 0.5) is 15.0 Å². The number of nitrogens with one attached hydrogen (secondary N) is 2. The Morgan fingerprint density at radius 1 is 1.52 bits per heavy atom. The molecular weight excluding hydrogens is 299 g/mol. The predicted octanol–water partition coefficient (Wildman–Crippen LogP) is 1.65. The molecule has 2 rings (SSSR count). The highest BCUT2D eigenvalue weighted by molar-refractivity contribution is 5.74. The van der Waals surface area contributed by atoms with Crippen LogP contribution < -0.4 is 15.5 Å². The van der Waals surface area contributed by atoms with Gasteiger partial charge in [0.15, 0.2) is 11.6 Å². The van der Waals surface area contributed by atoms with E-state index in [4.69, 9.17) is 0 Å². The van der Waals surface area contributed by atoms with E-state index < -0.39 is 5.60 Å². The molecule has 0 aliphatic carbocycles. The molecule has 2 amide bonds. The van der Waals surface area contributed by atoms with E-state index in [1.165, 1.54) is 6.07 Å². The minimum atomic E-state index is -0.865. The minimum absolute atomic E-state index is 0.0623. The zero-order chi connectivity index (χ0) is 16.9. The Balaban J connectivity index is 1.81. The number of nitrogens with zero attached hydrogens (tertiary/aromatic N) is 2. The van der Waals surface area contributed by atoms with Gasteiger partial charge in [0.2, 0.25) is 0 Å². The summed E-state index contributed by atoms with van der Waals surface area (Å²) in [4.78, 5) is 17.8. The zero-order valence-electron chi connectivity index (χ0n) is 13.7. The van der Waals surface area contributed by atoms with Crippen molar-refractivity contribution < 1.29 is 14.3 Å². The summed E-state index contributed by atoms with van der Waals surface area (Å²) in [7, 11) is 0. The van der Waals surface area contributed by atoms with Crippen molar-refractivity contribution in [2.75, 3.05) is 24.5 Å². The SMILES string of the molecule is CCC(O)(CC)CNC(=O)NC1CCN(c2ncccc2F)C1. The zero-order valence-corrected chi connectivity index (χ0v) is 13.7. The van der Waals surface area contributed by atoms with Gasteiger partial charge in [-0.2, -0.15) is 0 Å².